The van der Waals surface area contributed by atoms with Crippen LogP contribution in [0.25, 0.3) is 11.1 Å². The molecular formula is C25H24N4O2. The molecule has 0 saturated carbocycles. The summed E-state index contributed by atoms with van der Waals surface area (Å²) in [5, 5.41) is 17.9. The number of nitrogens with zero attached hydrogens (tertiary/aromatic N) is 4. The molecule has 3 aromatic carbocycles. The first-order chi connectivity index (χ1) is 15.1. The van der Waals surface area contributed by atoms with Crippen molar-refractivity contribution in [3.05, 3.63) is 99.6 Å². The third-order valence-corrected chi connectivity index (χ3v) is 6.22. The number of piperazine rings is 1. The lowest BCUT2D eigenvalue weighted by Crippen LogP contribution is -2.45. The average Bonchev–Trinajstić information content (AvgIpc) is 3.14. The van der Waals surface area contributed by atoms with Crippen molar-refractivity contribution in [1.82, 2.24) is 9.91 Å². The number of rotatable bonds is 4. The number of hydrogen-bond acceptors (Lipinski definition) is 5. The molecule has 1 aliphatic carbocycles. The van der Waals surface area contributed by atoms with Gasteiger partial charge in [-0.3, -0.25) is 20.0 Å². The number of nitro groups is 1. The minimum Gasteiger partial charge on any atom is -0.294 e. The molecule has 0 bridgehead atoms. The maximum atomic E-state index is 11.1. The van der Waals surface area contributed by atoms with Gasteiger partial charge in [-0.05, 0) is 29.2 Å². The average molecular weight is 412 g/mol. The molecule has 6 heteroatoms. The number of hydrazone groups is 1. The van der Waals surface area contributed by atoms with Gasteiger partial charge in [-0.25, -0.2) is 0 Å². The SMILES string of the molecule is CC(=NN1CCN(C2c3ccccc3-c3ccccc32)CC1)c1cccc([N+](=O)[O-])c1. The highest BCUT2D eigenvalue weighted by atomic mass is 16.6. The zero-order chi connectivity index (χ0) is 21.4. The topological polar surface area (TPSA) is 62.0 Å². The smallest absolute Gasteiger partial charge is 0.270 e. The summed E-state index contributed by atoms with van der Waals surface area (Å²) in [6.45, 7) is 5.40. The molecule has 5 rings (SSSR count). The van der Waals surface area contributed by atoms with E-state index in [0.29, 0.717) is 0 Å². The van der Waals surface area contributed by atoms with Crippen molar-refractivity contribution in [1.29, 1.82) is 0 Å². The Morgan fingerprint density at radius 3 is 2.13 bits per heavy atom. The summed E-state index contributed by atoms with van der Waals surface area (Å²) in [6.07, 6.45) is 0. The summed E-state index contributed by atoms with van der Waals surface area (Å²) in [5.74, 6) is 0. The molecular weight excluding hydrogens is 388 g/mol. The molecule has 1 aliphatic heterocycles. The molecule has 0 N–H and O–H groups in total. The van der Waals surface area contributed by atoms with Gasteiger partial charge in [-0.15, -0.1) is 0 Å². The predicted molar refractivity (Wildman–Crippen MR) is 122 cm³/mol. The van der Waals surface area contributed by atoms with Crippen molar-refractivity contribution in [2.45, 2.75) is 13.0 Å². The van der Waals surface area contributed by atoms with Gasteiger partial charge in [0.25, 0.3) is 5.69 Å². The number of hydrogen-bond donors (Lipinski definition) is 0. The minimum absolute atomic E-state index is 0.0930. The number of non-ortho nitro benzene ring substituents is 1. The lowest BCUT2D eigenvalue weighted by Gasteiger charge is -2.37. The monoisotopic (exact) mass is 412 g/mol. The zero-order valence-electron chi connectivity index (χ0n) is 17.4. The highest BCUT2D eigenvalue weighted by Crippen LogP contribution is 2.46. The number of fused-ring (bicyclic) bond motifs is 3. The second kappa shape index (κ2) is 7.96. The number of nitro benzene ring substituents is 1. The van der Waals surface area contributed by atoms with Crippen LogP contribution in [0.15, 0.2) is 77.9 Å². The van der Waals surface area contributed by atoms with Gasteiger partial charge >= 0.3 is 0 Å². The van der Waals surface area contributed by atoms with Gasteiger partial charge in [-0.2, -0.15) is 5.10 Å². The van der Waals surface area contributed by atoms with Crippen LogP contribution in [0.2, 0.25) is 0 Å². The summed E-state index contributed by atoms with van der Waals surface area (Å²) in [4.78, 5) is 13.2. The molecule has 1 saturated heterocycles. The molecule has 0 amide bonds. The fraction of sp³-hybridized carbons (Fsp3) is 0.240. The lowest BCUT2D eigenvalue weighted by atomic mass is 10.0. The van der Waals surface area contributed by atoms with Crippen molar-refractivity contribution in [3.63, 3.8) is 0 Å². The quantitative estimate of drug-likeness (QED) is 0.354. The van der Waals surface area contributed by atoms with Gasteiger partial charge in [0, 0.05) is 43.9 Å². The summed E-state index contributed by atoms with van der Waals surface area (Å²) in [7, 11) is 0. The molecule has 1 heterocycles. The summed E-state index contributed by atoms with van der Waals surface area (Å²) < 4.78 is 0. The van der Waals surface area contributed by atoms with Crippen LogP contribution in [-0.4, -0.2) is 46.7 Å². The van der Waals surface area contributed by atoms with E-state index in [0.717, 1.165) is 37.5 Å². The van der Waals surface area contributed by atoms with E-state index in [-0.39, 0.29) is 16.7 Å². The Labute approximate surface area is 181 Å². The molecule has 0 aromatic heterocycles. The van der Waals surface area contributed by atoms with Gasteiger partial charge in [0.1, 0.15) is 0 Å². The van der Waals surface area contributed by atoms with Crippen molar-refractivity contribution in [3.8, 4) is 11.1 Å². The van der Waals surface area contributed by atoms with E-state index in [1.54, 1.807) is 12.1 Å². The van der Waals surface area contributed by atoms with Crippen LogP contribution >= 0.6 is 0 Å². The molecule has 0 spiro atoms. The molecule has 2 aliphatic rings. The maximum Gasteiger partial charge on any atom is 0.270 e. The Morgan fingerprint density at radius 1 is 0.903 bits per heavy atom. The Balaban J connectivity index is 1.33. The third kappa shape index (κ3) is 3.59. The van der Waals surface area contributed by atoms with Crippen LogP contribution in [-0.2, 0) is 0 Å². The van der Waals surface area contributed by atoms with Crippen molar-refractivity contribution >= 4 is 11.4 Å². The Kier molecular flexibility index (Phi) is 5.00. The molecule has 0 unspecified atom stereocenters. The summed E-state index contributed by atoms with van der Waals surface area (Å²) in [6, 6.07) is 24.4. The molecule has 1 fully saturated rings. The highest BCUT2D eigenvalue weighted by molar-refractivity contribution is 5.99. The molecule has 6 nitrogen and oxygen atoms in total. The second-order valence-electron chi connectivity index (χ2n) is 8.06. The van der Waals surface area contributed by atoms with Crippen LogP contribution in [0.5, 0.6) is 0 Å². The van der Waals surface area contributed by atoms with Crippen molar-refractivity contribution < 1.29 is 4.92 Å². The van der Waals surface area contributed by atoms with E-state index in [1.165, 1.54) is 28.3 Å². The Hall–Kier alpha value is -3.51. The Bertz CT molecular complexity index is 1120. The predicted octanol–water partition coefficient (Wildman–Crippen LogP) is 4.71. The lowest BCUT2D eigenvalue weighted by molar-refractivity contribution is -0.384. The molecule has 3 aromatic rings. The zero-order valence-corrected chi connectivity index (χ0v) is 17.4. The highest BCUT2D eigenvalue weighted by Gasteiger charge is 2.34. The molecule has 156 valence electrons. The van der Waals surface area contributed by atoms with Crippen molar-refractivity contribution in [2.75, 3.05) is 26.2 Å². The van der Waals surface area contributed by atoms with Crippen LogP contribution in [0.4, 0.5) is 5.69 Å². The van der Waals surface area contributed by atoms with Crippen LogP contribution in [0.1, 0.15) is 29.7 Å². The molecule has 0 atom stereocenters. The van der Waals surface area contributed by atoms with E-state index in [1.807, 2.05) is 13.0 Å². The van der Waals surface area contributed by atoms with Crippen molar-refractivity contribution in [2.24, 2.45) is 5.10 Å². The van der Waals surface area contributed by atoms with Gasteiger partial charge in [0.15, 0.2) is 0 Å². The fourth-order valence-corrected chi connectivity index (χ4v) is 4.71. The first-order valence-corrected chi connectivity index (χ1v) is 10.6. The minimum atomic E-state index is -0.368. The van der Waals surface area contributed by atoms with E-state index >= 15 is 0 Å². The molecule has 0 radical (unpaired) electrons. The first kappa shape index (κ1) is 19.5. The van der Waals surface area contributed by atoms with E-state index in [9.17, 15) is 10.1 Å². The maximum absolute atomic E-state index is 11.1. The van der Waals surface area contributed by atoms with Crippen LogP contribution in [0, 0.1) is 10.1 Å². The van der Waals surface area contributed by atoms with Gasteiger partial charge in [0.2, 0.25) is 0 Å². The van der Waals surface area contributed by atoms with Gasteiger partial charge in [-0.1, -0.05) is 60.7 Å². The largest absolute Gasteiger partial charge is 0.294 e. The normalized spacial score (nSPS) is 16.8. The molecule has 31 heavy (non-hydrogen) atoms. The second-order valence-corrected chi connectivity index (χ2v) is 8.06. The Morgan fingerprint density at radius 2 is 1.52 bits per heavy atom. The van der Waals surface area contributed by atoms with E-state index < -0.39 is 0 Å². The van der Waals surface area contributed by atoms with Crippen LogP contribution in [0.3, 0.4) is 0 Å². The summed E-state index contributed by atoms with van der Waals surface area (Å²) >= 11 is 0. The van der Waals surface area contributed by atoms with E-state index in [2.05, 4.69) is 58.4 Å². The van der Waals surface area contributed by atoms with E-state index in [4.69, 9.17) is 5.10 Å². The first-order valence-electron chi connectivity index (χ1n) is 10.6. The summed E-state index contributed by atoms with van der Waals surface area (Å²) in [5.41, 5.74) is 7.12. The fourth-order valence-electron chi connectivity index (χ4n) is 4.71. The van der Waals surface area contributed by atoms with Crippen LogP contribution < -0.4 is 0 Å². The number of benzene rings is 3. The van der Waals surface area contributed by atoms with Gasteiger partial charge < -0.3 is 0 Å². The van der Waals surface area contributed by atoms with Gasteiger partial charge in [0.05, 0.1) is 16.7 Å². The third-order valence-electron chi connectivity index (χ3n) is 6.22. The standard InChI is InChI=1S/C25H24N4O2/c1-18(19-7-6-8-20(17-19)29(30)31)26-28-15-13-27(14-16-28)25-23-11-4-2-9-21(23)22-10-3-5-12-24(22)25/h2-12,17,25H,13-16H2,1H3.